The lowest BCUT2D eigenvalue weighted by Crippen LogP contribution is -2.16. The van der Waals surface area contributed by atoms with Gasteiger partial charge in [-0.2, -0.15) is 0 Å². The first-order chi connectivity index (χ1) is 14.2. The number of ether oxygens (including phenoxy) is 1. The highest BCUT2D eigenvalue weighted by atomic mass is 16.5. The SMILES string of the molecule is COc1cccc(C2=C(CN(C)C)CCCC(c3cccc4ccccc34)C2)c1. The fraction of sp³-hybridized carbons (Fsp3) is 0.333. The van der Waals surface area contributed by atoms with Crippen LogP contribution in [0.1, 0.15) is 42.7 Å². The summed E-state index contributed by atoms with van der Waals surface area (Å²) in [5, 5.41) is 2.75. The van der Waals surface area contributed by atoms with Crippen LogP contribution >= 0.6 is 0 Å². The molecule has 2 nitrogen and oxygen atoms in total. The Morgan fingerprint density at radius 2 is 1.76 bits per heavy atom. The molecule has 0 saturated carbocycles. The lowest BCUT2D eigenvalue weighted by molar-refractivity contribution is 0.414. The molecule has 0 fully saturated rings. The third kappa shape index (κ3) is 4.38. The van der Waals surface area contributed by atoms with Gasteiger partial charge >= 0.3 is 0 Å². The Labute approximate surface area is 174 Å². The lowest BCUT2D eigenvalue weighted by Gasteiger charge is -2.21. The van der Waals surface area contributed by atoms with E-state index in [4.69, 9.17) is 4.74 Å². The summed E-state index contributed by atoms with van der Waals surface area (Å²) in [7, 11) is 6.09. The number of methoxy groups -OCH3 is 1. The highest BCUT2D eigenvalue weighted by Crippen LogP contribution is 2.41. The molecule has 2 heteroatoms. The number of allylic oxidation sites excluding steroid dienone is 1. The molecule has 0 amide bonds. The van der Waals surface area contributed by atoms with E-state index < -0.39 is 0 Å². The van der Waals surface area contributed by atoms with Gasteiger partial charge in [0.05, 0.1) is 7.11 Å². The second-order valence-electron chi connectivity index (χ2n) is 8.41. The van der Waals surface area contributed by atoms with Crippen LogP contribution in [0, 0.1) is 0 Å². The van der Waals surface area contributed by atoms with E-state index in [1.54, 1.807) is 12.7 Å². The number of hydrogen-bond donors (Lipinski definition) is 0. The Bertz CT molecular complexity index is 1010. The molecule has 1 unspecified atom stereocenters. The van der Waals surface area contributed by atoms with Gasteiger partial charge in [-0.15, -0.1) is 0 Å². The molecule has 0 bridgehead atoms. The van der Waals surface area contributed by atoms with E-state index in [-0.39, 0.29) is 0 Å². The average molecular weight is 386 g/mol. The van der Waals surface area contributed by atoms with Gasteiger partial charge in [0, 0.05) is 6.54 Å². The van der Waals surface area contributed by atoms with Gasteiger partial charge in [0.1, 0.15) is 5.75 Å². The van der Waals surface area contributed by atoms with Crippen molar-refractivity contribution in [1.82, 2.24) is 4.90 Å². The lowest BCUT2D eigenvalue weighted by atomic mass is 9.84. The first kappa shape index (κ1) is 19.7. The summed E-state index contributed by atoms with van der Waals surface area (Å²) in [4.78, 5) is 2.30. The van der Waals surface area contributed by atoms with Crippen molar-refractivity contribution >= 4 is 16.3 Å². The topological polar surface area (TPSA) is 12.5 Å². The van der Waals surface area contributed by atoms with Crippen LogP contribution in [0.3, 0.4) is 0 Å². The number of nitrogens with zero attached hydrogens (tertiary/aromatic N) is 1. The molecule has 150 valence electrons. The van der Waals surface area contributed by atoms with Crippen LogP contribution in [0.15, 0.2) is 72.3 Å². The summed E-state index contributed by atoms with van der Waals surface area (Å²) in [6, 6.07) is 24.2. The molecular weight excluding hydrogens is 354 g/mol. The highest BCUT2D eigenvalue weighted by Gasteiger charge is 2.23. The molecule has 3 aromatic carbocycles. The van der Waals surface area contributed by atoms with Crippen LogP contribution in [-0.2, 0) is 0 Å². The molecule has 0 aliphatic heterocycles. The Morgan fingerprint density at radius 3 is 2.59 bits per heavy atom. The van der Waals surface area contributed by atoms with Crippen molar-refractivity contribution in [3.8, 4) is 5.75 Å². The molecule has 4 rings (SSSR count). The zero-order valence-corrected chi connectivity index (χ0v) is 17.8. The third-order valence-corrected chi connectivity index (χ3v) is 6.10. The molecule has 29 heavy (non-hydrogen) atoms. The second kappa shape index (κ2) is 8.84. The van der Waals surface area contributed by atoms with Gasteiger partial charge in [-0.05, 0) is 85.3 Å². The minimum atomic E-state index is 0.543. The molecule has 3 aromatic rings. The predicted octanol–water partition coefficient (Wildman–Crippen LogP) is 6.52. The summed E-state index contributed by atoms with van der Waals surface area (Å²) in [5.41, 5.74) is 5.89. The maximum atomic E-state index is 5.53. The largest absolute Gasteiger partial charge is 0.497 e. The Balaban J connectivity index is 1.78. The molecule has 0 spiro atoms. The van der Waals surface area contributed by atoms with E-state index in [1.165, 1.54) is 46.7 Å². The van der Waals surface area contributed by atoms with Crippen LogP contribution in [-0.4, -0.2) is 32.6 Å². The van der Waals surface area contributed by atoms with Gasteiger partial charge in [0.25, 0.3) is 0 Å². The van der Waals surface area contributed by atoms with Gasteiger partial charge in [-0.25, -0.2) is 0 Å². The van der Waals surface area contributed by atoms with Crippen molar-refractivity contribution in [3.05, 3.63) is 83.4 Å². The first-order valence-corrected chi connectivity index (χ1v) is 10.6. The fourth-order valence-corrected chi connectivity index (χ4v) is 4.77. The first-order valence-electron chi connectivity index (χ1n) is 10.6. The van der Waals surface area contributed by atoms with Crippen molar-refractivity contribution in [1.29, 1.82) is 0 Å². The predicted molar refractivity (Wildman–Crippen MR) is 124 cm³/mol. The van der Waals surface area contributed by atoms with E-state index in [9.17, 15) is 0 Å². The third-order valence-electron chi connectivity index (χ3n) is 6.10. The van der Waals surface area contributed by atoms with Crippen LogP contribution in [0.2, 0.25) is 0 Å². The van der Waals surface area contributed by atoms with Gasteiger partial charge in [0.2, 0.25) is 0 Å². The molecule has 1 aliphatic carbocycles. The van der Waals surface area contributed by atoms with Crippen LogP contribution < -0.4 is 4.74 Å². The number of rotatable bonds is 5. The standard InChI is InChI=1S/C27H31NO/c1-28(2)19-23-13-6-11-22(18-27(23)21-12-7-14-24(17-21)29-3)26-16-8-10-20-9-4-5-15-25(20)26/h4-5,7-10,12,14-17,22H,6,11,13,18-19H2,1-3H3. The van der Waals surface area contributed by atoms with E-state index in [0.717, 1.165) is 18.7 Å². The van der Waals surface area contributed by atoms with E-state index in [0.29, 0.717) is 5.92 Å². The zero-order valence-electron chi connectivity index (χ0n) is 17.8. The summed E-state index contributed by atoms with van der Waals surface area (Å²) >= 11 is 0. The number of fused-ring (bicyclic) bond motifs is 1. The van der Waals surface area contributed by atoms with Gasteiger partial charge in [-0.1, -0.05) is 60.2 Å². The van der Waals surface area contributed by atoms with Crippen molar-refractivity contribution in [3.63, 3.8) is 0 Å². The number of likely N-dealkylation sites (N-methyl/N-ethyl adjacent to an activating group) is 1. The fourth-order valence-electron chi connectivity index (χ4n) is 4.77. The Kier molecular flexibility index (Phi) is 6.01. The van der Waals surface area contributed by atoms with Crippen molar-refractivity contribution in [2.24, 2.45) is 0 Å². The summed E-state index contributed by atoms with van der Waals surface area (Å²) < 4.78 is 5.53. The smallest absolute Gasteiger partial charge is 0.119 e. The summed E-state index contributed by atoms with van der Waals surface area (Å²) in [6.45, 7) is 1.02. The van der Waals surface area contributed by atoms with E-state index in [2.05, 4.69) is 79.7 Å². The van der Waals surface area contributed by atoms with E-state index >= 15 is 0 Å². The monoisotopic (exact) mass is 385 g/mol. The molecule has 1 aliphatic rings. The molecule has 0 radical (unpaired) electrons. The number of benzene rings is 3. The molecule has 1 atom stereocenters. The average Bonchev–Trinajstić information content (AvgIpc) is 2.95. The maximum absolute atomic E-state index is 5.53. The highest BCUT2D eigenvalue weighted by molar-refractivity contribution is 5.86. The van der Waals surface area contributed by atoms with E-state index in [1.807, 2.05) is 6.07 Å². The molecule has 0 heterocycles. The quantitative estimate of drug-likeness (QED) is 0.495. The maximum Gasteiger partial charge on any atom is 0.119 e. The van der Waals surface area contributed by atoms with Gasteiger partial charge < -0.3 is 9.64 Å². The summed E-state index contributed by atoms with van der Waals surface area (Å²) in [5.74, 6) is 1.48. The minimum Gasteiger partial charge on any atom is -0.497 e. The van der Waals surface area contributed by atoms with Crippen LogP contribution in [0.25, 0.3) is 16.3 Å². The molecule has 0 saturated heterocycles. The van der Waals surface area contributed by atoms with Crippen molar-refractivity contribution in [2.75, 3.05) is 27.7 Å². The number of hydrogen-bond acceptors (Lipinski definition) is 2. The molecule has 0 aromatic heterocycles. The minimum absolute atomic E-state index is 0.543. The molecule has 0 N–H and O–H groups in total. The zero-order chi connectivity index (χ0) is 20.2. The normalized spacial score (nSPS) is 17.6. The van der Waals surface area contributed by atoms with Crippen LogP contribution in [0.5, 0.6) is 5.75 Å². The molecular formula is C27H31NO. The summed E-state index contributed by atoms with van der Waals surface area (Å²) in [6.07, 6.45) is 4.74. The van der Waals surface area contributed by atoms with Crippen molar-refractivity contribution in [2.45, 2.75) is 31.6 Å². The van der Waals surface area contributed by atoms with Crippen molar-refractivity contribution < 1.29 is 4.74 Å². The van der Waals surface area contributed by atoms with Gasteiger partial charge in [-0.3, -0.25) is 0 Å². The van der Waals surface area contributed by atoms with Crippen LogP contribution in [0.4, 0.5) is 0 Å². The van der Waals surface area contributed by atoms with Gasteiger partial charge in [0.15, 0.2) is 0 Å². The Morgan fingerprint density at radius 1 is 0.966 bits per heavy atom. The second-order valence-corrected chi connectivity index (χ2v) is 8.41. The Hall–Kier alpha value is -2.58.